The van der Waals surface area contributed by atoms with Crippen LogP contribution in [-0.2, 0) is 14.3 Å². The molecule has 0 aromatic heterocycles. The third kappa shape index (κ3) is 4.07. The third-order valence-corrected chi connectivity index (χ3v) is 6.18. The first-order valence-electron chi connectivity index (χ1n) is 11.0. The zero-order valence-electron chi connectivity index (χ0n) is 18.8. The quantitative estimate of drug-likeness (QED) is 0.685. The predicted molar refractivity (Wildman–Crippen MR) is 123 cm³/mol. The molecule has 0 amide bonds. The van der Waals surface area contributed by atoms with E-state index in [1.807, 2.05) is 56.3 Å². The van der Waals surface area contributed by atoms with E-state index < -0.39 is 17.8 Å². The highest BCUT2D eigenvalue weighted by atomic mass is 16.5. The molecule has 1 aliphatic carbocycles. The Labute approximate surface area is 189 Å². The van der Waals surface area contributed by atoms with Crippen LogP contribution in [0.1, 0.15) is 49.7 Å². The first kappa shape index (κ1) is 21.9. The maximum absolute atomic E-state index is 13.6. The van der Waals surface area contributed by atoms with Gasteiger partial charge in [-0.2, -0.15) is 0 Å². The van der Waals surface area contributed by atoms with Crippen molar-refractivity contribution < 1.29 is 19.1 Å². The number of allylic oxidation sites excluding steroid dienone is 2. The van der Waals surface area contributed by atoms with E-state index in [2.05, 4.69) is 24.0 Å². The summed E-state index contributed by atoms with van der Waals surface area (Å²) >= 11 is 0. The molecule has 0 spiro atoms. The zero-order chi connectivity index (χ0) is 22.8. The largest absolute Gasteiger partial charge is 0.491 e. The van der Waals surface area contributed by atoms with Gasteiger partial charge in [0.05, 0.1) is 13.2 Å². The maximum Gasteiger partial charge on any atom is 0.315 e. The molecule has 0 bridgehead atoms. The van der Waals surface area contributed by atoms with Crippen molar-refractivity contribution in [1.82, 2.24) is 5.32 Å². The Morgan fingerprint density at radius 2 is 1.75 bits per heavy atom. The molecule has 4 rings (SSSR count). The summed E-state index contributed by atoms with van der Waals surface area (Å²) in [6.07, 6.45) is 1.03. The summed E-state index contributed by atoms with van der Waals surface area (Å²) in [5.74, 6) is -0.853. The highest BCUT2D eigenvalue weighted by molar-refractivity contribution is 6.01. The Morgan fingerprint density at radius 3 is 2.44 bits per heavy atom. The number of carbonyl (C=O) groups is 2. The summed E-state index contributed by atoms with van der Waals surface area (Å²) in [5, 5.41) is 3.30. The standard InChI is InChI=1S/C27H29NO4/c1-16(2)32-23-13-9-8-12-20(23)25-24(27(30)31-4)17(3)28-21-14-19(15-22(29)26(21)25)18-10-6-5-7-11-18/h5-13,16,19,24-25,28H,3,14-15H2,1-2,4H3. The minimum atomic E-state index is -0.715. The molecule has 0 saturated carbocycles. The number of methoxy groups -OCH3 is 1. The van der Waals surface area contributed by atoms with Crippen molar-refractivity contribution in [2.24, 2.45) is 5.92 Å². The monoisotopic (exact) mass is 431 g/mol. The van der Waals surface area contributed by atoms with Gasteiger partial charge in [0.2, 0.25) is 0 Å². The van der Waals surface area contributed by atoms with Gasteiger partial charge in [0, 0.05) is 34.9 Å². The lowest BCUT2D eigenvalue weighted by atomic mass is 9.69. The first-order valence-corrected chi connectivity index (χ1v) is 11.0. The van der Waals surface area contributed by atoms with E-state index >= 15 is 0 Å². The lowest BCUT2D eigenvalue weighted by molar-refractivity contribution is -0.144. The molecule has 3 unspecified atom stereocenters. The van der Waals surface area contributed by atoms with Crippen molar-refractivity contribution in [3.8, 4) is 5.75 Å². The van der Waals surface area contributed by atoms with E-state index in [0.717, 1.165) is 16.8 Å². The Bertz CT molecular complexity index is 1070. The number of ketones is 1. The second-order valence-electron chi connectivity index (χ2n) is 8.66. The number of esters is 1. The fourth-order valence-electron chi connectivity index (χ4n) is 4.85. The first-order chi connectivity index (χ1) is 15.4. The van der Waals surface area contributed by atoms with E-state index in [9.17, 15) is 9.59 Å². The molecule has 32 heavy (non-hydrogen) atoms. The van der Waals surface area contributed by atoms with Gasteiger partial charge in [-0.05, 0) is 37.8 Å². The highest BCUT2D eigenvalue weighted by Gasteiger charge is 2.46. The summed E-state index contributed by atoms with van der Waals surface area (Å²) in [4.78, 5) is 26.4. The molecule has 5 heteroatoms. The Hall–Kier alpha value is -3.34. The third-order valence-electron chi connectivity index (χ3n) is 6.18. The Morgan fingerprint density at radius 1 is 1.06 bits per heavy atom. The van der Waals surface area contributed by atoms with Crippen molar-refractivity contribution in [2.75, 3.05) is 7.11 Å². The molecule has 166 valence electrons. The number of rotatable bonds is 5. The smallest absolute Gasteiger partial charge is 0.315 e. The molecule has 5 nitrogen and oxygen atoms in total. The zero-order valence-corrected chi connectivity index (χ0v) is 18.8. The summed E-state index contributed by atoms with van der Waals surface area (Å²) < 4.78 is 11.2. The molecule has 0 saturated heterocycles. The van der Waals surface area contributed by atoms with Crippen LogP contribution in [0.15, 0.2) is 78.1 Å². The molecule has 3 atom stereocenters. The van der Waals surface area contributed by atoms with Gasteiger partial charge >= 0.3 is 5.97 Å². The minimum absolute atomic E-state index is 0.0401. The number of hydrogen-bond donors (Lipinski definition) is 1. The van der Waals surface area contributed by atoms with Crippen LogP contribution in [0, 0.1) is 5.92 Å². The second kappa shape index (κ2) is 9.03. The number of hydrogen-bond acceptors (Lipinski definition) is 5. The lowest BCUT2D eigenvalue weighted by Crippen LogP contribution is -2.42. The van der Waals surface area contributed by atoms with Crippen LogP contribution >= 0.6 is 0 Å². The molecule has 1 aliphatic heterocycles. The predicted octanol–water partition coefficient (Wildman–Crippen LogP) is 4.86. The molecular formula is C27H29NO4. The molecule has 2 aliphatic rings. The van der Waals surface area contributed by atoms with Crippen LogP contribution in [0.4, 0.5) is 0 Å². The van der Waals surface area contributed by atoms with Crippen LogP contribution in [0.2, 0.25) is 0 Å². The minimum Gasteiger partial charge on any atom is -0.491 e. The fraction of sp³-hybridized carbons (Fsp3) is 0.333. The van der Waals surface area contributed by atoms with Crippen LogP contribution in [0.3, 0.4) is 0 Å². The molecule has 1 N–H and O–H groups in total. The van der Waals surface area contributed by atoms with Gasteiger partial charge in [0.15, 0.2) is 5.78 Å². The molecule has 2 aromatic rings. The van der Waals surface area contributed by atoms with Gasteiger partial charge in [0.1, 0.15) is 11.7 Å². The number of benzene rings is 2. The summed E-state index contributed by atoms with van der Waals surface area (Å²) in [6.45, 7) is 8.06. The lowest BCUT2D eigenvalue weighted by Gasteiger charge is -2.40. The van der Waals surface area contributed by atoms with Gasteiger partial charge < -0.3 is 14.8 Å². The van der Waals surface area contributed by atoms with Crippen molar-refractivity contribution in [1.29, 1.82) is 0 Å². The van der Waals surface area contributed by atoms with E-state index in [1.54, 1.807) is 0 Å². The molecular weight excluding hydrogens is 402 g/mol. The van der Waals surface area contributed by atoms with Crippen LogP contribution < -0.4 is 10.1 Å². The average Bonchev–Trinajstić information content (AvgIpc) is 2.78. The summed E-state index contributed by atoms with van der Waals surface area (Å²) in [6, 6.07) is 17.7. The molecule has 0 radical (unpaired) electrons. The van der Waals surface area contributed by atoms with Crippen molar-refractivity contribution in [2.45, 2.75) is 44.6 Å². The normalized spacial score (nSPS) is 22.9. The molecule has 1 heterocycles. The van der Waals surface area contributed by atoms with Crippen molar-refractivity contribution in [3.63, 3.8) is 0 Å². The molecule has 0 fully saturated rings. The van der Waals surface area contributed by atoms with Gasteiger partial charge in [0.25, 0.3) is 0 Å². The van der Waals surface area contributed by atoms with E-state index in [-0.39, 0.29) is 17.8 Å². The van der Waals surface area contributed by atoms with Crippen LogP contribution in [-0.4, -0.2) is 25.0 Å². The molecule has 2 aromatic carbocycles. The number of ether oxygens (including phenoxy) is 2. The number of Topliss-reactive ketones (excluding diaryl/α,β-unsaturated/α-hetero) is 1. The van der Waals surface area contributed by atoms with Gasteiger partial charge in [-0.3, -0.25) is 9.59 Å². The average molecular weight is 432 g/mol. The second-order valence-corrected chi connectivity index (χ2v) is 8.66. The van der Waals surface area contributed by atoms with Gasteiger partial charge in [-0.1, -0.05) is 55.1 Å². The van der Waals surface area contributed by atoms with Crippen LogP contribution in [0.5, 0.6) is 5.75 Å². The fourth-order valence-corrected chi connectivity index (χ4v) is 4.85. The number of nitrogens with one attached hydrogen (secondary N) is 1. The SMILES string of the molecule is C=C1NC2=C(C(=O)CC(c3ccccc3)C2)C(c2ccccc2OC(C)C)C1C(=O)OC. The summed E-state index contributed by atoms with van der Waals surface area (Å²) in [7, 11) is 1.36. The van der Waals surface area contributed by atoms with Crippen LogP contribution in [0.25, 0.3) is 0 Å². The topological polar surface area (TPSA) is 64.6 Å². The van der Waals surface area contributed by atoms with E-state index in [0.29, 0.717) is 29.9 Å². The van der Waals surface area contributed by atoms with E-state index in [4.69, 9.17) is 9.47 Å². The Balaban J connectivity index is 1.84. The van der Waals surface area contributed by atoms with Gasteiger partial charge in [-0.15, -0.1) is 0 Å². The number of para-hydroxylation sites is 1. The maximum atomic E-state index is 13.6. The van der Waals surface area contributed by atoms with Crippen molar-refractivity contribution in [3.05, 3.63) is 89.3 Å². The van der Waals surface area contributed by atoms with E-state index in [1.165, 1.54) is 7.11 Å². The highest BCUT2D eigenvalue weighted by Crippen LogP contribution is 2.49. The van der Waals surface area contributed by atoms with Crippen molar-refractivity contribution >= 4 is 11.8 Å². The summed E-state index contributed by atoms with van der Waals surface area (Å²) in [5.41, 5.74) is 3.96. The van der Waals surface area contributed by atoms with Gasteiger partial charge in [-0.25, -0.2) is 0 Å². The number of carbonyl (C=O) groups excluding carboxylic acids is 2. The Kier molecular flexibility index (Phi) is 6.17.